The molecule has 2 aromatic heterocycles. The Hall–Kier alpha value is -3.23. The smallest absolute Gasteiger partial charge is 0.332 e. The van der Waals surface area contributed by atoms with Crippen molar-refractivity contribution in [1.29, 1.82) is 0 Å². The number of hydrogen-bond acceptors (Lipinski definition) is 6. The first-order chi connectivity index (χ1) is 11.5. The van der Waals surface area contributed by atoms with Gasteiger partial charge in [0.15, 0.2) is 11.2 Å². The standard InChI is InChI=1S/C15H17N5O4/c1-19-12-11(13(21)20(2)15(19)22)17-14(18-12)16-9-7-8(23-3)5-6-10(9)24-4/h5-7H,1-4H3,(H2,16,17,18). The van der Waals surface area contributed by atoms with Crippen molar-refractivity contribution in [2.75, 3.05) is 19.5 Å². The summed E-state index contributed by atoms with van der Waals surface area (Å²) in [5.74, 6) is 1.53. The lowest BCUT2D eigenvalue weighted by molar-refractivity contribution is 0.405. The lowest BCUT2D eigenvalue weighted by Crippen LogP contribution is -2.36. The Kier molecular flexibility index (Phi) is 3.76. The van der Waals surface area contributed by atoms with Crippen LogP contribution in [0, 0.1) is 0 Å². The van der Waals surface area contributed by atoms with E-state index < -0.39 is 11.2 Å². The van der Waals surface area contributed by atoms with Gasteiger partial charge in [0.1, 0.15) is 11.5 Å². The molecule has 0 aliphatic carbocycles. The normalized spacial score (nSPS) is 10.8. The monoisotopic (exact) mass is 331 g/mol. The molecule has 0 aliphatic heterocycles. The molecule has 0 saturated carbocycles. The molecule has 0 bridgehead atoms. The Bertz CT molecular complexity index is 1030. The van der Waals surface area contributed by atoms with Crippen molar-refractivity contribution in [2.24, 2.45) is 14.1 Å². The first-order valence-electron chi connectivity index (χ1n) is 7.11. The summed E-state index contributed by atoms with van der Waals surface area (Å²) in [6.07, 6.45) is 0. The van der Waals surface area contributed by atoms with E-state index in [9.17, 15) is 9.59 Å². The summed E-state index contributed by atoms with van der Waals surface area (Å²) in [6, 6.07) is 5.25. The van der Waals surface area contributed by atoms with Crippen LogP contribution in [0.3, 0.4) is 0 Å². The molecule has 0 atom stereocenters. The number of rotatable bonds is 4. The zero-order valence-corrected chi connectivity index (χ0v) is 13.7. The molecule has 0 amide bonds. The molecule has 0 spiro atoms. The number of aromatic amines is 1. The number of aryl methyl sites for hydroxylation is 1. The van der Waals surface area contributed by atoms with Gasteiger partial charge in [-0.2, -0.15) is 4.98 Å². The molecule has 2 N–H and O–H groups in total. The third-order valence-electron chi connectivity index (χ3n) is 3.75. The predicted octanol–water partition coefficient (Wildman–Crippen LogP) is 0.721. The van der Waals surface area contributed by atoms with E-state index in [0.29, 0.717) is 23.1 Å². The van der Waals surface area contributed by atoms with Crippen LogP contribution in [0.25, 0.3) is 11.2 Å². The minimum atomic E-state index is -0.440. The summed E-state index contributed by atoms with van der Waals surface area (Å²) >= 11 is 0. The molecule has 0 aliphatic rings. The first-order valence-corrected chi connectivity index (χ1v) is 7.11. The van der Waals surface area contributed by atoms with E-state index in [4.69, 9.17) is 9.47 Å². The Morgan fingerprint density at radius 3 is 2.54 bits per heavy atom. The first kappa shape index (κ1) is 15.7. The predicted molar refractivity (Wildman–Crippen MR) is 89.4 cm³/mol. The van der Waals surface area contributed by atoms with E-state index in [1.54, 1.807) is 39.5 Å². The largest absolute Gasteiger partial charge is 0.497 e. The van der Waals surface area contributed by atoms with Gasteiger partial charge in [-0.25, -0.2) is 4.79 Å². The Morgan fingerprint density at radius 2 is 1.88 bits per heavy atom. The van der Waals surface area contributed by atoms with E-state index in [-0.39, 0.29) is 11.2 Å². The van der Waals surface area contributed by atoms with Gasteiger partial charge in [-0.15, -0.1) is 0 Å². The van der Waals surface area contributed by atoms with Crippen LogP contribution in [0.2, 0.25) is 0 Å². The van der Waals surface area contributed by atoms with Crippen LogP contribution >= 0.6 is 0 Å². The second-order valence-electron chi connectivity index (χ2n) is 5.18. The van der Waals surface area contributed by atoms with Gasteiger partial charge in [0.05, 0.1) is 19.9 Å². The number of anilines is 2. The number of imidazole rings is 1. The van der Waals surface area contributed by atoms with Crippen molar-refractivity contribution in [3.05, 3.63) is 39.0 Å². The van der Waals surface area contributed by atoms with E-state index >= 15 is 0 Å². The summed E-state index contributed by atoms with van der Waals surface area (Å²) in [5.41, 5.74) is 0.241. The average molecular weight is 331 g/mol. The van der Waals surface area contributed by atoms with Crippen LogP contribution in [-0.4, -0.2) is 33.3 Å². The lowest BCUT2D eigenvalue weighted by Gasteiger charge is -2.10. The molecule has 0 unspecified atom stereocenters. The molecule has 0 saturated heterocycles. The Balaban J connectivity index is 2.12. The Morgan fingerprint density at radius 1 is 1.12 bits per heavy atom. The molecule has 126 valence electrons. The van der Waals surface area contributed by atoms with Crippen molar-refractivity contribution >= 4 is 22.8 Å². The highest BCUT2D eigenvalue weighted by molar-refractivity contribution is 5.75. The number of H-pyrrole nitrogens is 1. The quantitative estimate of drug-likeness (QED) is 0.730. The molecular weight excluding hydrogens is 314 g/mol. The topological polar surface area (TPSA) is 103 Å². The van der Waals surface area contributed by atoms with Crippen molar-refractivity contribution in [2.45, 2.75) is 0 Å². The maximum absolute atomic E-state index is 12.2. The third-order valence-corrected chi connectivity index (χ3v) is 3.75. The third kappa shape index (κ3) is 2.39. The molecule has 3 aromatic rings. The number of aromatic nitrogens is 4. The summed E-state index contributed by atoms with van der Waals surface area (Å²) < 4.78 is 12.8. The number of benzene rings is 1. The van der Waals surface area contributed by atoms with Crippen LogP contribution in [0.5, 0.6) is 11.5 Å². The van der Waals surface area contributed by atoms with E-state index in [1.165, 1.54) is 11.6 Å². The molecule has 3 rings (SSSR count). The number of ether oxygens (including phenoxy) is 2. The van der Waals surface area contributed by atoms with Crippen LogP contribution in [-0.2, 0) is 14.1 Å². The SMILES string of the molecule is COc1ccc(OC)c(Nc2nc3c([nH]2)c(=O)n(C)c(=O)n3C)c1. The van der Waals surface area contributed by atoms with Gasteiger partial charge in [-0.3, -0.25) is 13.9 Å². The fraction of sp³-hybridized carbons (Fsp3) is 0.267. The van der Waals surface area contributed by atoms with Gasteiger partial charge in [0.2, 0.25) is 5.95 Å². The molecule has 0 radical (unpaired) electrons. The summed E-state index contributed by atoms with van der Waals surface area (Å²) in [4.78, 5) is 31.4. The van der Waals surface area contributed by atoms with Gasteiger partial charge >= 0.3 is 5.69 Å². The van der Waals surface area contributed by atoms with Crippen LogP contribution in [0.4, 0.5) is 11.6 Å². The van der Waals surface area contributed by atoms with E-state index in [2.05, 4.69) is 15.3 Å². The highest BCUT2D eigenvalue weighted by atomic mass is 16.5. The number of nitrogens with zero attached hydrogens (tertiary/aromatic N) is 3. The highest BCUT2D eigenvalue weighted by Gasteiger charge is 2.14. The van der Waals surface area contributed by atoms with Crippen LogP contribution in [0.15, 0.2) is 27.8 Å². The summed E-state index contributed by atoms with van der Waals surface area (Å²) in [6.45, 7) is 0. The molecule has 9 heteroatoms. The maximum atomic E-state index is 12.2. The minimum absolute atomic E-state index is 0.240. The highest BCUT2D eigenvalue weighted by Crippen LogP contribution is 2.30. The average Bonchev–Trinajstić information content (AvgIpc) is 3.02. The molecule has 0 fully saturated rings. The van der Waals surface area contributed by atoms with Crippen LogP contribution < -0.4 is 26.0 Å². The molecular formula is C15H17N5O4. The lowest BCUT2D eigenvalue weighted by atomic mass is 10.2. The molecule has 9 nitrogen and oxygen atoms in total. The molecule has 1 aromatic carbocycles. The molecule has 24 heavy (non-hydrogen) atoms. The van der Waals surface area contributed by atoms with E-state index in [1.807, 2.05) is 0 Å². The number of nitrogens with one attached hydrogen (secondary N) is 2. The Labute approximate surface area is 136 Å². The fourth-order valence-electron chi connectivity index (χ4n) is 2.42. The second kappa shape index (κ2) is 5.76. The van der Waals surface area contributed by atoms with Gasteiger partial charge in [-0.1, -0.05) is 0 Å². The van der Waals surface area contributed by atoms with Gasteiger partial charge in [0, 0.05) is 20.2 Å². The number of fused-ring (bicyclic) bond motifs is 1. The maximum Gasteiger partial charge on any atom is 0.332 e. The van der Waals surface area contributed by atoms with Crippen molar-refractivity contribution in [3.8, 4) is 11.5 Å². The van der Waals surface area contributed by atoms with Crippen molar-refractivity contribution < 1.29 is 9.47 Å². The zero-order chi connectivity index (χ0) is 17.4. The minimum Gasteiger partial charge on any atom is -0.497 e. The summed E-state index contributed by atoms with van der Waals surface area (Å²) in [7, 11) is 6.08. The van der Waals surface area contributed by atoms with Gasteiger partial charge < -0.3 is 19.8 Å². The van der Waals surface area contributed by atoms with Gasteiger partial charge in [-0.05, 0) is 12.1 Å². The van der Waals surface area contributed by atoms with Crippen LogP contribution in [0.1, 0.15) is 0 Å². The second-order valence-corrected chi connectivity index (χ2v) is 5.18. The zero-order valence-electron chi connectivity index (χ0n) is 13.7. The number of methoxy groups -OCH3 is 2. The summed E-state index contributed by atoms with van der Waals surface area (Å²) in [5, 5.41) is 3.05. The van der Waals surface area contributed by atoms with Crippen molar-refractivity contribution in [1.82, 2.24) is 19.1 Å². The van der Waals surface area contributed by atoms with Crippen molar-refractivity contribution in [3.63, 3.8) is 0 Å². The molecule has 2 heterocycles. The van der Waals surface area contributed by atoms with E-state index in [0.717, 1.165) is 4.57 Å². The van der Waals surface area contributed by atoms with Gasteiger partial charge in [0.25, 0.3) is 5.56 Å². The number of hydrogen-bond donors (Lipinski definition) is 2. The fourth-order valence-corrected chi connectivity index (χ4v) is 2.42.